The molecule has 5 heteroatoms. The fourth-order valence-electron chi connectivity index (χ4n) is 4.53. The summed E-state index contributed by atoms with van der Waals surface area (Å²) < 4.78 is 0. The van der Waals surface area contributed by atoms with Gasteiger partial charge in [-0.25, -0.2) is 0 Å². The Bertz CT molecular complexity index is 896. The number of carbonyl (C=O) groups is 2. The molecule has 2 aromatic carbocycles. The van der Waals surface area contributed by atoms with Crippen molar-refractivity contribution in [2.75, 3.05) is 18.4 Å². The number of hydrogen-bond acceptors (Lipinski definition) is 3. The Kier molecular flexibility index (Phi) is 6.07. The highest BCUT2D eigenvalue weighted by molar-refractivity contribution is 5.89. The second-order valence-corrected chi connectivity index (χ2v) is 8.89. The molecule has 0 bridgehead atoms. The van der Waals surface area contributed by atoms with Gasteiger partial charge in [-0.3, -0.25) is 9.59 Å². The van der Waals surface area contributed by atoms with Crippen molar-refractivity contribution in [2.24, 2.45) is 5.92 Å². The minimum absolute atomic E-state index is 0.0796. The molecular weight excluding hydrogens is 374 g/mol. The maximum Gasteiger partial charge on any atom is 0.245 e. The van der Waals surface area contributed by atoms with Gasteiger partial charge in [0.2, 0.25) is 11.8 Å². The van der Waals surface area contributed by atoms with Gasteiger partial charge in [-0.1, -0.05) is 56.3 Å². The van der Waals surface area contributed by atoms with Crippen LogP contribution in [0.3, 0.4) is 0 Å². The number of rotatable bonds is 5. The average molecular weight is 406 g/mol. The minimum Gasteiger partial charge on any atom is -0.380 e. The Hall–Kier alpha value is -2.82. The van der Waals surface area contributed by atoms with Crippen LogP contribution in [-0.2, 0) is 22.6 Å². The Morgan fingerprint density at radius 1 is 1.03 bits per heavy atom. The largest absolute Gasteiger partial charge is 0.380 e. The van der Waals surface area contributed by atoms with Crippen LogP contribution in [0, 0.1) is 5.92 Å². The van der Waals surface area contributed by atoms with Gasteiger partial charge in [0.1, 0.15) is 6.04 Å². The molecule has 2 unspecified atom stereocenters. The number of fused-ring (bicyclic) bond motifs is 1. The molecule has 5 nitrogen and oxygen atoms in total. The number of nitrogens with one attached hydrogen (secondary N) is 1. The van der Waals surface area contributed by atoms with Crippen LogP contribution in [0.1, 0.15) is 37.8 Å². The lowest BCUT2D eigenvalue weighted by atomic mass is 9.92. The Morgan fingerprint density at radius 3 is 2.47 bits per heavy atom. The third kappa shape index (κ3) is 4.50. The molecule has 2 amide bonds. The zero-order valence-electron chi connectivity index (χ0n) is 17.9. The van der Waals surface area contributed by atoms with Gasteiger partial charge in [-0.05, 0) is 35.6 Å². The van der Waals surface area contributed by atoms with Gasteiger partial charge < -0.3 is 15.1 Å². The summed E-state index contributed by atoms with van der Waals surface area (Å²) in [6.45, 7) is 6.03. The van der Waals surface area contributed by atoms with Crippen molar-refractivity contribution in [1.82, 2.24) is 9.80 Å². The van der Waals surface area contributed by atoms with Gasteiger partial charge in [0.05, 0.1) is 0 Å². The molecule has 0 radical (unpaired) electrons. The van der Waals surface area contributed by atoms with E-state index in [9.17, 15) is 9.59 Å². The van der Waals surface area contributed by atoms with Crippen LogP contribution in [-0.4, -0.2) is 46.8 Å². The molecular formula is C25H31N3O2. The quantitative estimate of drug-likeness (QED) is 0.825. The van der Waals surface area contributed by atoms with E-state index >= 15 is 0 Å². The summed E-state index contributed by atoms with van der Waals surface area (Å²) in [5.41, 5.74) is 3.42. The SMILES string of the molecule is CC(C)CC(=O)N1Cc2ccccc2CC1C(=O)N1CCC(Nc2ccccc2)C1. The third-order valence-electron chi connectivity index (χ3n) is 6.08. The van der Waals surface area contributed by atoms with Crippen LogP contribution in [0.5, 0.6) is 0 Å². The fourth-order valence-corrected chi connectivity index (χ4v) is 4.53. The van der Waals surface area contributed by atoms with E-state index in [2.05, 4.69) is 29.6 Å². The van der Waals surface area contributed by atoms with Crippen LogP contribution in [0.25, 0.3) is 0 Å². The van der Waals surface area contributed by atoms with Crippen LogP contribution < -0.4 is 5.32 Å². The van der Waals surface area contributed by atoms with Crippen molar-refractivity contribution < 1.29 is 9.59 Å². The molecule has 0 aromatic heterocycles. The predicted octanol–water partition coefficient (Wildman–Crippen LogP) is 3.70. The summed E-state index contributed by atoms with van der Waals surface area (Å²) in [6.07, 6.45) is 2.00. The summed E-state index contributed by atoms with van der Waals surface area (Å²) in [7, 11) is 0. The van der Waals surface area contributed by atoms with Crippen molar-refractivity contribution >= 4 is 17.5 Å². The average Bonchev–Trinajstić information content (AvgIpc) is 3.21. The van der Waals surface area contributed by atoms with Crippen LogP contribution >= 0.6 is 0 Å². The number of nitrogens with zero attached hydrogens (tertiary/aromatic N) is 2. The van der Waals surface area contributed by atoms with E-state index in [0.717, 1.165) is 24.2 Å². The monoisotopic (exact) mass is 405 g/mol. The molecule has 1 saturated heterocycles. The zero-order valence-corrected chi connectivity index (χ0v) is 17.9. The van der Waals surface area contributed by atoms with E-state index in [4.69, 9.17) is 0 Å². The molecule has 30 heavy (non-hydrogen) atoms. The standard InChI is InChI=1S/C25H31N3O2/c1-18(2)14-24(29)28-16-20-9-7-6-8-19(20)15-23(28)25(30)27-13-12-22(17-27)26-21-10-4-3-5-11-21/h3-11,18,22-23,26H,12-17H2,1-2H3. The van der Waals surface area contributed by atoms with E-state index < -0.39 is 6.04 Å². The number of benzene rings is 2. The molecule has 2 aliphatic heterocycles. The normalized spacial score (nSPS) is 20.9. The van der Waals surface area contributed by atoms with Crippen LogP contribution in [0.2, 0.25) is 0 Å². The Balaban J connectivity index is 1.48. The van der Waals surface area contributed by atoms with Gasteiger partial charge in [0, 0.05) is 44.2 Å². The molecule has 2 aromatic rings. The summed E-state index contributed by atoms with van der Waals surface area (Å²) in [5, 5.41) is 3.53. The first-order valence-corrected chi connectivity index (χ1v) is 11.0. The van der Waals surface area contributed by atoms with Crippen molar-refractivity contribution in [1.29, 1.82) is 0 Å². The first-order valence-electron chi connectivity index (χ1n) is 11.0. The molecule has 0 spiro atoms. The maximum absolute atomic E-state index is 13.5. The van der Waals surface area contributed by atoms with E-state index in [1.54, 1.807) is 0 Å². The summed E-state index contributed by atoms with van der Waals surface area (Å²) in [6, 6.07) is 18.1. The van der Waals surface area contributed by atoms with Gasteiger partial charge in [-0.15, -0.1) is 0 Å². The third-order valence-corrected chi connectivity index (χ3v) is 6.08. The van der Waals surface area contributed by atoms with Gasteiger partial charge in [0.15, 0.2) is 0 Å². The highest BCUT2D eigenvalue weighted by Crippen LogP contribution is 2.27. The van der Waals surface area contributed by atoms with Crippen LogP contribution in [0.4, 0.5) is 5.69 Å². The fraction of sp³-hybridized carbons (Fsp3) is 0.440. The molecule has 2 aliphatic rings. The second kappa shape index (κ2) is 8.90. The summed E-state index contributed by atoms with van der Waals surface area (Å²) in [5.74, 6) is 0.437. The van der Waals surface area contributed by atoms with Crippen molar-refractivity contribution in [3.8, 4) is 0 Å². The Labute approximate surface area is 179 Å². The first kappa shape index (κ1) is 20.5. The first-order chi connectivity index (χ1) is 14.5. The zero-order chi connectivity index (χ0) is 21.1. The predicted molar refractivity (Wildman–Crippen MR) is 119 cm³/mol. The molecule has 2 atom stereocenters. The summed E-state index contributed by atoms with van der Waals surface area (Å²) in [4.78, 5) is 30.3. The molecule has 1 fully saturated rings. The van der Waals surface area contributed by atoms with Crippen molar-refractivity contribution in [3.05, 3.63) is 65.7 Å². The number of carbonyl (C=O) groups excluding carboxylic acids is 2. The molecule has 158 valence electrons. The lowest BCUT2D eigenvalue weighted by Crippen LogP contribution is -2.53. The lowest BCUT2D eigenvalue weighted by molar-refractivity contribution is -0.147. The summed E-state index contributed by atoms with van der Waals surface area (Å²) >= 11 is 0. The van der Waals surface area contributed by atoms with E-state index in [0.29, 0.717) is 25.9 Å². The number of para-hydroxylation sites is 1. The lowest BCUT2D eigenvalue weighted by Gasteiger charge is -2.38. The van der Waals surface area contributed by atoms with Gasteiger partial charge >= 0.3 is 0 Å². The topological polar surface area (TPSA) is 52.7 Å². The van der Waals surface area contributed by atoms with Crippen LogP contribution in [0.15, 0.2) is 54.6 Å². The highest BCUT2D eigenvalue weighted by Gasteiger charge is 2.38. The highest BCUT2D eigenvalue weighted by atomic mass is 16.2. The maximum atomic E-state index is 13.5. The molecule has 0 aliphatic carbocycles. The van der Waals surface area contributed by atoms with Crippen molar-refractivity contribution in [3.63, 3.8) is 0 Å². The second-order valence-electron chi connectivity index (χ2n) is 8.89. The molecule has 4 rings (SSSR count). The number of hydrogen-bond donors (Lipinski definition) is 1. The van der Waals surface area contributed by atoms with E-state index in [1.165, 1.54) is 5.56 Å². The molecule has 1 N–H and O–H groups in total. The minimum atomic E-state index is -0.401. The number of amides is 2. The molecule has 0 saturated carbocycles. The Morgan fingerprint density at radius 2 is 1.73 bits per heavy atom. The number of anilines is 1. The number of likely N-dealkylation sites (tertiary alicyclic amines) is 1. The van der Waals surface area contributed by atoms with Crippen molar-refractivity contribution in [2.45, 2.75) is 51.7 Å². The van der Waals surface area contributed by atoms with E-state index in [-0.39, 0.29) is 23.8 Å². The van der Waals surface area contributed by atoms with Gasteiger partial charge in [0.25, 0.3) is 0 Å². The van der Waals surface area contributed by atoms with E-state index in [1.807, 2.05) is 54.0 Å². The smallest absolute Gasteiger partial charge is 0.245 e. The van der Waals surface area contributed by atoms with Gasteiger partial charge in [-0.2, -0.15) is 0 Å². The molecule has 2 heterocycles.